The lowest BCUT2D eigenvalue weighted by molar-refractivity contribution is 0.357. The first-order chi connectivity index (χ1) is 10.8. The number of nitrogens with one attached hydrogen (secondary N) is 1. The second-order valence-electron chi connectivity index (χ2n) is 5.69. The molecule has 0 bridgehead atoms. The number of ether oxygens (including phenoxy) is 1. The highest BCUT2D eigenvalue weighted by molar-refractivity contribution is 6.04. The van der Waals surface area contributed by atoms with Gasteiger partial charge in [-0.05, 0) is 30.7 Å². The Morgan fingerprint density at radius 3 is 2.73 bits per heavy atom. The Bertz CT molecular complexity index is 733. The summed E-state index contributed by atoms with van der Waals surface area (Å²) in [5, 5.41) is 3.40. The van der Waals surface area contributed by atoms with Crippen LogP contribution < -0.4 is 10.1 Å². The van der Waals surface area contributed by atoms with Crippen molar-refractivity contribution in [3.05, 3.63) is 53.6 Å². The molecule has 0 unspecified atom stereocenters. The molecule has 0 spiro atoms. The van der Waals surface area contributed by atoms with Crippen molar-refractivity contribution in [1.82, 2.24) is 10.2 Å². The van der Waals surface area contributed by atoms with Crippen molar-refractivity contribution in [2.45, 2.75) is 6.92 Å². The summed E-state index contributed by atoms with van der Waals surface area (Å²) < 4.78 is 6.20. The number of rotatable bonds is 0. The number of nitrogens with zero attached hydrogens (tertiary/aromatic N) is 2. The van der Waals surface area contributed by atoms with Gasteiger partial charge in [-0.25, -0.2) is 4.99 Å². The molecule has 0 saturated carbocycles. The molecule has 2 aromatic rings. The molecule has 2 heterocycles. The normalized spacial score (nSPS) is 17.0. The summed E-state index contributed by atoms with van der Waals surface area (Å²) in [6, 6.07) is 14.3. The third-order valence-electron chi connectivity index (χ3n) is 4.17. The Labute approximate surface area is 130 Å². The molecule has 0 atom stereocenters. The van der Waals surface area contributed by atoms with E-state index in [1.165, 1.54) is 0 Å². The van der Waals surface area contributed by atoms with Crippen molar-refractivity contribution in [2.24, 2.45) is 4.99 Å². The maximum Gasteiger partial charge on any atom is 0.153 e. The zero-order chi connectivity index (χ0) is 14.9. The van der Waals surface area contributed by atoms with E-state index >= 15 is 0 Å². The van der Waals surface area contributed by atoms with Crippen LogP contribution in [0.1, 0.15) is 11.1 Å². The predicted molar refractivity (Wildman–Crippen MR) is 88.3 cm³/mol. The van der Waals surface area contributed by atoms with Gasteiger partial charge >= 0.3 is 0 Å². The summed E-state index contributed by atoms with van der Waals surface area (Å²) in [7, 11) is 0. The standard InChI is InChI=1S/C18H19N3O/c1-13-5-4-6-14-17(13)22-16-8-3-2-7-15(16)20-18(14)21-11-9-19-10-12-21/h2-8,19H,9-12H2,1H3. The van der Waals surface area contributed by atoms with Gasteiger partial charge in [0.15, 0.2) is 5.75 Å². The van der Waals surface area contributed by atoms with E-state index in [1.54, 1.807) is 0 Å². The molecule has 22 heavy (non-hydrogen) atoms. The second-order valence-corrected chi connectivity index (χ2v) is 5.69. The minimum absolute atomic E-state index is 0.822. The van der Waals surface area contributed by atoms with E-state index in [2.05, 4.69) is 35.3 Å². The second kappa shape index (κ2) is 5.46. The van der Waals surface area contributed by atoms with E-state index in [0.29, 0.717) is 0 Å². The van der Waals surface area contributed by atoms with Crippen LogP contribution in [-0.4, -0.2) is 36.9 Å². The summed E-state index contributed by atoms with van der Waals surface area (Å²) in [5.41, 5.74) is 3.11. The first-order valence-corrected chi connectivity index (χ1v) is 7.74. The van der Waals surface area contributed by atoms with E-state index in [4.69, 9.17) is 9.73 Å². The van der Waals surface area contributed by atoms with Crippen LogP contribution in [0.25, 0.3) is 0 Å². The Balaban J connectivity index is 1.90. The van der Waals surface area contributed by atoms with Crippen LogP contribution >= 0.6 is 0 Å². The largest absolute Gasteiger partial charge is 0.454 e. The number of aliphatic imine (C=N–C) groups is 1. The summed E-state index contributed by atoms with van der Waals surface area (Å²) in [6.45, 7) is 6.00. The van der Waals surface area contributed by atoms with Gasteiger partial charge < -0.3 is 15.0 Å². The third kappa shape index (κ3) is 2.25. The zero-order valence-electron chi connectivity index (χ0n) is 12.7. The maximum atomic E-state index is 6.20. The van der Waals surface area contributed by atoms with Crippen LogP contribution in [-0.2, 0) is 0 Å². The van der Waals surface area contributed by atoms with E-state index < -0.39 is 0 Å². The first kappa shape index (κ1) is 13.3. The molecule has 0 amide bonds. The van der Waals surface area contributed by atoms with Crippen molar-refractivity contribution >= 4 is 11.5 Å². The smallest absolute Gasteiger partial charge is 0.153 e. The number of para-hydroxylation sites is 3. The van der Waals surface area contributed by atoms with Crippen molar-refractivity contribution in [1.29, 1.82) is 0 Å². The molecule has 2 aliphatic rings. The monoisotopic (exact) mass is 293 g/mol. The van der Waals surface area contributed by atoms with Gasteiger partial charge in [-0.2, -0.15) is 0 Å². The lowest BCUT2D eigenvalue weighted by Crippen LogP contribution is -2.46. The van der Waals surface area contributed by atoms with Crippen molar-refractivity contribution < 1.29 is 4.74 Å². The first-order valence-electron chi connectivity index (χ1n) is 7.74. The van der Waals surface area contributed by atoms with Crippen LogP contribution in [0.3, 0.4) is 0 Å². The Morgan fingerprint density at radius 1 is 1.05 bits per heavy atom. The maximum absolute atomic E-state index is 6.20. The van der Waals surface area contributed by atoms with E-state index in [9.17, 15) is 0 Å². The van der Waals surface area contributed by atoms with Gasteiger partial charge in [0.25, 0.3) is 0 Å². The lowest BCUT2D eigenvalue weighted by atomic mass is 10.1. The molecule has 0 aromatic heterocycles. The van der Waals surface area contributed by atoms with Gasteiger partial charge in [-0.15, -0.1) is 0 Å². The predicted octanol–water partition coefficient (Wildman–Crippen LogP) is 3.08. The SMILES string of the molecule is Cc1cccc2c1Oc1ccccc1N=C2N1CCNCC1. The fraction of sp³-hybridized carbons (Fsp3) is 0.278. The van der Waals surface area contributed by atoms with Gasteiger partial charge in [0.05, 0.1) is 5.56 Å². The molecule has 2 aliphatic heterocycles. The highest BCUT2D eigenvalue weighted by Gasteiger charge is 2.24. The van der Waals surface area contributed by atoms with Gasteiger partial charge in [0, 0.05) is 26.2 Å². The number of hydrogen-bond donors (Lipinski definition) is 1. The van der Waals surface area contributed by atoms with Gasteiger partial charge in [-0.3, -0.25) is 0 Å². The molecule has 4 nitrogen and oxygen atoms in total. The molecule has 1 fully saturated rings. The van der Waals surface area contributed by atoms with Crippen LogP contribution in [0.4, 0.5) is 5.69 Å². The molecule has 0 aliphatic carbocycles. The number of hydrogen-bond acceptors (Lipinski definition) is 4. The van der Waals surface area contributed by atoms with Crippen molar-refractivity contribution in [3.8, 4) is 11.5 Å². The quantitative estimate of drug-likeness (QED) is 0.811. The average molecular weight is 293 g/mol. The summed E-state index contributed by atoms with van der Waals surface area (Å²) in [5.74, 6) is 2.76. The molecule has 112 valence electrons. The fourth-order valence-electron chi connectivity index (χ4n) is 3.00. The average Bonchev–Trinajstić information content (AvgIpc) is 2.73. The fourth-order valence-corrected chi connectivity index (χ4v) is 3.00. The minimum Gasteiger partial charge on any atom is -0.454 e. The van der Waals surface area contributed by atoms with Gasteiger partial charge in [0.2, 0.25) is 0 Å². The molecule has 1 saturated heterocycles. The van der Waals surface area contributed by atoms with Gasteiger partial charge in [-0.1, -0.05) is 24.3 Å². The topological polar surface area (TPSA) is 36.9 Å². The number of fused-ring (bicyclic) bond motifs is 2. The highest BCUT2D eigenvalue weighted by Crippen LogP contribution is 2.39. The van der Waals surface area contributed by atoms with E-state index in [1.807, 2.05) is 24.3 Å². The number of amidine groups is 1. The molecule has 0 radical (unpaired) electrons. The van der Waals surface area contributed by atoms with Crippen molar-refractivity contribution in [2.75, 3.05) is 26.2 Å². The van der Waals surface area contributed by atoms with Crippen LogP contribution in [0.2, 0.25) is 0 Å². The molecule has 4 heteroatoms. The van der Waals surface area contributed by atoms with Crippen LogP contribution in [0.5, 0.6) is 11.5 Å². The lowest BCUT2D eigenvalue weighted by Gasteiger charge is -2.30. The van der Waals surface area contributed by atoms with E-state index in [0.717, 1.165) is 60.3 Å². The zero-order valence-corrected chi connectivity index (χ0v) is 12.7. The summed E-state index contributed by atoms with van der Waals surface area (Å²) in [4.78, 5) is 7.28. The molecule has 4 rings (SSSR count). The van der Waals surface area contributed by atoms with Crippen LogP contribution in [0.15, 0.2) is 47.5 Å². The molecule has 1 N–H and O–H groups in total. The molecule has 2 aromatic carbocycles. The van der Waals surface area contributed by atoms with Crippen molar-refractivity contribution in [3.63, 3.8) is 0 Å². The Hall–Kier alpha value is -2.33. The molecular weight excluding hydrogens is 274 g/mol. The Kier molecular flexibility index (Phi) is 3.31. The third-order valence-corrected chi connectivity index (χ3v) is 4.17. The van der Waals surface area contributed by atoms with E-state index in [-0.39, 0.29) is 0 Å². The number of aryl methyl sites for hydroxylation is 1. The Morgan fingerprint density at radius 2 is 1.86 bits per heavy atom. The summed E-state index contributed by atoms with van der Waals surface area (Å²) >= 11 is 0. The number of piperazine rings is 1. The van der Waals surface area contributed by atoms with Gasteiger partial charge in [0.1, 0.15) is 17.3 Å². The summed E-state index contributed by atoms with van der Waals surface area (Å²) in [6.07, 6.45) is 0. The highest BCUT2D eigenvalue weighted by atomic mass is 16.5. The van der Waals surface area contributed by atoms with Crippen LogP contribution in [0, 0.1) is 6.92 Å². The minimum atomic E-state index is 0.822. The molecular formula is C18H19N3O. The number of benzene rings is 2.